The van der Waals surface area contributed by atoms with Gasteiger partial charge in [0.05, 0.1) is 0 Å². The van der Waals surface area contributed by atoms with E-state index < -0.39 is 0 Å². The maximum absolute atomic E-state index is 2.48. The zero-order valence-electron chi connectivity index (χ0n) is 12.6. The highest BCUT2D eigenvalue weighted by Crippen LogP contribution is 2.37. The molecule has 0 fully saturated rings. The van der Waals surface area contributed by atoms with E-state index in [4.69, 9.17) is 0 Å². The average molecular weight is 224 g/mol. The van der Waals surface area contributed by atoms with E-state index >= 15 is 0 Å². The summed E-state index contributed by atoms with van der Waals surface area (Å²) in [5.41, 5.74) is 0. The van der Waals surface area contributed by atoms with Crippen LogP contribution < -0.4 is 0 Å². The zero-order valence-corrected chi connectivity index (χ0v) is 12.6. The second kappa shape index (κ2) is 9.13. The van der Waals surface area contributed by atoms with Crippen molar-refractivity contribution in [1.82, 2.24) is 0 Å². The van der Waals surface area contributed by atoms with Crippen molar-refractivity contribution in [3.05, 3.63) is 0 Å². The lowest BCUT2D eigenvalue weighted by Gasteiger charge is -2.31. The lowest BCUT2D eigenvalue weighted by atomic mass is 9.27. The SMILES string of the molecule is CCCC(C)B(C(C)CCC)C(C)CCC. The van der Waals surface area contributed by atoms with Crippen molar-refractivity contribution in [2.45, 2.75) is 97.5 Å². The van der Waals surface area contributed by atoms with Gasteiger partial charge in [0.25, 0.3) is 0 Å². The summed E-state index contributed by atoms with van der Waals surface area (Å²) in [7, 11) is 0. The summed E-state index contributed by atoms with van der Waals surface area (Å²) in [6.45, 7) is 15.3. The maximum Gasteiger partial charge on any atom is 0.148 e. The molecule has 0 aromatic carbocycles. The molecule has 0 heterocycles. The number of rotatable bonds is 9. The molecular weight excluding hydrogens is 191 g/mol. The molecule has 0 aliphatic heterocycles. The summed E-state index contributed by atoms with van der Waals surface area (Å²) in [5.74, 6) is 2.73. The van der Waals surface area contributed by atoms with Crippen LogP contribution in [0.3, 0.4) is 0 Å². The van der Waals surface area contributed by atoms with Crippen LogP contribution in [0, 0.1) is 0 Å². The van der Waals surface area contributed by atoms with Crippen LogP contribution in [0.15, 0.2) is 0 Å². The van der Waals surface area contributed by atoms with E-state index in [0.717, 1.165) is 24.2 Å². The first-order valence-corrected chi connectivity index (χ1v) is 7.58. The third kappa shape index (κ3) is 5.41. The van der Waals surface area contributed by atoms with E-state index in [1.807, 2.05) is 0 Å². The van der Waals surface area contributed by atoms with Gasteiger partial charge in [-0.3, -0.25) is 0 Å². The lowest BCUT2D eigenvalue weighted by Crippen LogP contribution is -2.29. The number of hydrogen-bond donors (Lipinski definition) is 0. The van der Waals surface area contributed by atoms with Gasteiger partial charge in [-0.2, -0.15) is 0 Å². The Kier molecular flexibility index (Phi) is 9.17. The Morgan fingerprint density at radius 3 is 1.06 bits per heavy atom. The van der Waals surface area contributed by atoms with Crippen LogP contribution in [0.25, 0.3) is 0 Å². The molecule has 0 rings (SSSR count). The van der Waals surface area contributed by atoms with Crippen LogP contribution in [0.1, 0.15) is 80.1 Å². The molecule has 0 saturated carbocycles. The van der Waals surface area contributed by atoms with Gasteiger partial charge in [-0.05, 0) is 0 Å². The van der Waals surface area contributed by atoms with Crippen LogP contribution in [0.5, 0.6) is 0 Å². The van der Waals surface area contributed by atoms with Crippen molar-refractivity contribution < 1.29 is 0 Å². The molecule has 3 unspecified atom stereocenters. The van der Waals surface area contributed by atoms with Gasteiger partial charge in [-0.15, -0.1) is 0 Å². The van der Waals surface area contributed by atoms with Crippen molar-refractivity contribution >= 4 is 6.71 Å². The van der Waals surface area contributed by atoms with Crippen molar-refractivity contribution in [2.75, 3.05) is 0 Å². The molecule has 0 N–H and O–H groups in total. The smallest absolute Gasteiger partial charge is 0.0690 e. The third-order valence-electron chi connectivity index (χ3n) is 4.20. The molecular formula is C15H33B. The molecule has 0 nitrogen and oxygen atoms in total. The van der Waals surface area contributed by atoms with Crippen LogP contribution in [-0.2, 0) is 0 Å². The Morgan fingerprint density at radius 2 is 0.875 bits per heavy atom. The molecule has 96 valence electrons. The summed E-state index contributed by atoms with van der Waals surface area (Å²) in [6.07, 6.45) is 8.26. The summed E-state index contributed by atoms with van der Waals surface area (Å²) in [4.78, 5) is 0. The van der Waals surface area contributed by atoms with Gasteiger partial charge in [-0.25, -0.2) is 0 Å². The quantitative estimate of drug-likeness (QED) is 0.418. The van der Waals surface area contributed by atoms with Gasteiger partial charge < -0.3 is 0 Å². The zero-order chi connectivity index (χ0) is 12.6. The third-order valence-corrected chi connectivity index (χ3v) is 4.20. The molecule has 0 amide bonds. The minimum Gasteiger partial charge on any atom is -0.0690 e. The van der Waals surface area contributed by atoms with Crippen LogP contribution in [0.4, 0.5) is 0 Å². The van der Waals surface area contributed by atoms with Crippen molar-refractivity contribution in [1.29, 1.82) is 0 Å². The standard InChI is InChI=1S/C15H33B/c1-7-10-13(4)16(14(5)11-8-2)15(6)12-9-3/h13-15H,7-12H2,1-6H3. The first-order valence-electron chi connectivity index (χ1n) is 7.58. The highest BCUT2D eigenvalue weighted by atomic mass is 14.1. The van der Waals surface area contributed by atoms with Crippen LogP contribution in [0.2, 0.25) is 17.5 Å². The fraction of sp³-hybridized carbons (Fsp3) is 1.00. The first kappa shape index (κ1) is 16.1. The molecule has 3 atom stereocenters. The predicted molar refractivity (Wildman–Crippen MR) is 78.8 cm³/mol. The molecule has 0 bridgehead atoms. The fourth-order valence-electron chi connectivity index (χ4n) is 3.63. The van der Waals surface area contributed by atoms with Crippen LogP contribution in [-0.4, -0.2) is 6.71 Å². The average Bonchev–Trinajstić information content (AvgIpc) is 2.19. The largest absolute Gasteiger partial charge is 0.148 e. The van der Waals surface area contributed by atoms with Gasteiger partial charge in [0.1, 0.15) is 6.71 Å². The van der Waals surface area contributed by atoms with Crippen molar-refractivity contribution in [2.24, 2.45) is 0 Å². The Morgan fingerprint density at radius 1 is 0.625 bits per heavy atom. The fourth-order valence-corrected chi connectivity index (χ4v) is 3.63. The van der Waals surface area contributed by atoms with Gasteiger partial charge in [0, 0.05) is 0 Å². The second-order valence-electron chi connectivity index (χ2n) is 5.88. The molecule has 0 spiro atoms. The van der Waals surface area contributed by atoms with Crippen LogP contribution >= 0.6 is 0 Å². The molecule has 0 aliphatic rings. The summed E-state index contributed by atoms with van der Waals surface area (Å²) in [5, 5.41) is 0. The summed E-state index contributed by atoms with van der Waals surface area (Å²) >= 11 is 0. The minimum absolute atomic E-state index is 0.910. The van der Waals surface area contributed by atoms with Gasteiger partial charge in [-0.1, -0.05) is 97.5 Å². The molecule has 0 aromatic heterocycles. The maximum atomic E-state index is 2.48. The van der Waals surface area contributed by atoms with Gasteiger partial charge in [0.15, 0.2) is 0 Å². The molecule has 0 aliphatic carbocycles. The molecule has 0 radical (unpaired) electrons. The van der Waals surface area contributed by atoms with E-state index in [0.29, 0.717) is 0 Å². The van der Waals surface area contributed by atoms with E-state index in [1.54, 1.807) is 0 Å². The predicted octanol–water partition coefficient (Wildman–Crippen LogP) is 6.05. The summed E-state index contributed by atoms with van der Waals surface area (Å²) in [6, 6.07) is 0. The highest BCUT2D eigenvalue weighted by Gasteiger charge is 2.31. The molecule has 0 aromatic rings. The van der Waals surface area contributed by atoms with E-state index in [9.17, 15) is 0 Å². The first-order chi connectivity index (χ1) is 7.58. The highest BCUT2D eigenvalue weighted by molar-refractivity contribution is 6.63. The Labute approximate surface area is 105 Å². The van der Waals surface area contributed by atoms with E-state index in [2.05, 4.69) is 41.5 Å². The lowest BCUT2D eigenvalue weighted by molar-refractivity contribution is 0.651. The Hall–Kier alpha value is 0.0649. The Balaban J connectivity index is 4.47. The van der Waals surface area contributed by atoms with Gasteiger partial charge in [0.2, 0.25) is 0 Å². The van der Waals surface area contributed by atoms with Crippen molar-refractivity contribution in [3.8, 4) is 0 Å². The van der Waals surface area contributed by atoms with Gasteiger partial charge >= 0.3 is 0 Å². The Bertz CT molecular complexity index is 127. The second-order valence-corrected chi connectivity index (χ2v) is 5.88. The summed E-state index contributed by atoms with van der Waals surface area (Å²) < 4.78 is 0. The monoisotopic (exact) mass is 224 g/mol. The topological polar surface area (TPSA) is 0 Å². The minimum atomic E-state index is 0.910. The normalized spacial score (nSPS) is 16.9. The van der Waals surface area contributed by atoms with E-state index in [1.165, 1.54) is 38.5 Å². The van der Waals surface area contributed by atoms with Crippen molar-refractivity contribution in [3.63, 3.8) is 0 Å². The molecule has 0 saturated heterocycles. The molecule has 16 heavy (non-hydrogen) atoms. The molecule has 1 heteroatoms. The number of hydrogen-bond acceptors (Lipinski definition) is 0. The van der Waals surface area contributed by atoms with E-state index in [-0.39, 0.29) is 0 Å².